The first-order valence-electron chi connectivity index (χ1n) is 8.18. The second kappa shape index (κ2) is 6.77. The van der Waals surface area contributed by atoms with Gasteiger partial charge in [0.25, 0.3) is 5.91 Å². The van der Waals surface area contributed by atoms with Crippen LogP contribution in [0.1, 0.15) is 35.8 Å². The number of rotatable bonds is 4. The summed E-state index contributed by atoms with van der Waals surface area (Å²) in [6, 6.07) is 12.0. The predicted octanol–water partition coefficient (Wildman–Crippen LogP) is 3.07. The first kappa shape index (κ1) is 16.7. The molecule has 0 saturated carbocycles. The number of hydrogen-bond acceptors (Lipinski definition) is 3. The number of carbonyl (C=O) groups excluding carboxylic acids is 2. The molecule has 1 aromatic carbocycles. The smallest absolute Gasteiger partial charge is 0.253 e. The Bertz CT molecular complexity index is 742. The molecule has 24 heavy (non-hydrogen) atoms. The molecule has 2 aromatic rings. The van der Waals surface area contributed by atoms with Gasteiger partial charge >= 0.3 is 0 Å². The lowest BCUT2D eigenvalue weighted by Crippen LogP contribution is -2.57. The van der Waals surface area contributed by atoms with Crippen LogP contribution in [0.3, 0.4) is 0 Å². The van der Waals surface area contributed by atoms with Gasteiger partial charge < -0.3 is 10.2 Å². The van der Waals surface area contributed by atoms with Crippen molar-refractivity contribution >= 4 is 23.2 Å². The first-order valence-corrected chi connectivity index (χ1v) is 9.06. The number of nitrogens with one attached hydrogen (secondary N) is 1. The van der Waals surface area contributed by atoms with Gasteiger partial charge in [-0.25, -0.2) is 0 Å². The SMILES string of the molecule is CC(=O)NC1(C(=O)N(C)Cc2cccs2)CCCc2ccccc21. The molecule has 1 unspecified atom stereocenters. The van der Waals surface area contributed by atoms with Crippen LogP contribution in [-0.4, -0.2) is 23.8 Å². The molecule has 4 nitrogen and oxygen atoms in total. The van der Waals surface area contributed by atoms with Gasteiger partial charge in [0.05, 0.1) is 6.54 Å². The second-order valence-corrected chi connectivity index (χ2v) is 7.37. The number of fused-ring (bicyclic) bond motifs is 1. The van der Waals surface area contributed by atoms with Crippen LogP contribution in [0, 0.1) is 0 Å². The van der Waals surface area contributed by atoms with Gasteiger partial charge in [0.1, 0.15) is 5.54 Å². The molecule has 126 valence electrons. The van der Waals surface area contributed by atoms with E-state index < -0.39 is 5.54 Å². The molecule has 1 heterocycles. The van der Waals surface area contributed by atoms with E-state index in [0.717, 1.165) is 28.8 Å². The van der Waals surface area contributed by atoms with Gasteiger partial charge in [0.15, 0.2) is 0 Å². The fourth-order valence-electron chi connectivity index (χ4n) is 3.57. The van der Waals surface area contributed by atoms with Crippen molar-refractivity contribution in [3.63, 3.8) is 0 Å². The maximum absolute atomic E-state index is 13.4. The molecular formula is C19H22N2O2S. The van der Waals surface area contributed by atoms with Crippen LogP contribution < -0.4 is 5.32 Å². The highest BCUT2D eigenvalue weighted by Crippen LogP contribution is 2.37. The molecule has 1 N–H and O–H groups in total. The highest BCUT2D eigenvalue weighted by Gasteiger charge is 2.45. The first-order chi connectivity index (χ1) is 11.5. The van der Waals surface area contributed by atoms with Gasteiger partial charge in [-0.15, -0.1) is 11.3 Å². The van der Waals surface area contributed by atoms with E-state index in [1.165, 1.54) is 6.92 Å². The summed E-state index contributed by atoms with van der Waals surface area (Å²) < 4.78 is 0. The molecule has 1 atom stereocenters. The van der Waals surface area contributed by atoms with Crippen molar-refractivity contribution in [2.75, 3.05) is 7.05 Å². The van der Waals surface area contributed by atoms with Crippen LogP contribution in [0.4, 0.5) is 0 Å². The second-order valence-electron chi connectivity index (χ2n) is 6.34. The molecule has 0 fully saturated rings. The van der Waals surface area contributed by atoms with Crippen molar-refractivity contribution in [3.8, 4) is 0 Å². The van der Waals surface area contributed by atoms with Gasteiger partial charge in [0.2, 0.25) is 5.91 Å². The molecule has 1 aliphatic rings. The maximum Gasteiger partial charge on any atom is 0.253 e. The number of aryl methyl sites for hydroxylation is 1. The molecule has 2 amide bonds. The fraction of sp³-hybridized carbons (Fsp3) is 0.368. The summed E-state index contributed by atoms with van der Waals surface area (Å²) in [6.45, 7) is 2.03. The zero-order valence-corrected chi connectivity index (χ0v) is 14.9. The number of amides is 2. The number of hydrogen-bond donors (Lipinski definition) is 1. The summed E-state index contributed by atoms with van der Waals surface area (Å²) >= 11 is 1.63. The van der Waals surface area contributed by atoms with Crippen LogP contribution in [-0.2, 0) is 28.1 Å². The van der Waals surface area contributed by atoms with Crippen molar-refractivity contribution in [2.45, 2.75) is 38.3 Å². The molecule has 0 aliphatic heterocycles. The Morgan fingerprint density at radius 3 is 2.75 bits per heavy atom. The number of nitrogens with zero attached hydrogens (tertiary/aromatic N) is 1. The minimum absolute atomic E-state index is 0.0433. The van der Waals surface area contributed by atoms with Gasteiger partial charge in [0, 0.05) is 18.8 Å². The minimum atomic E-state index is -0.952. The van der Waals surface area contributed by atoms with E-state index in [1.807, 2.05) is 42.8 Å². The molecule has 0 spiro atoms. The van der Waals surface area contributed by atoms with Gasteiger partial charge in [-0.2, -0.15) is 0 Å². The number of likely N-dealkylation sites (N-methyl/N-ethyl adjacent to an activating group) is 1. The summed E-state index contributed by atoms with van der Waals surface area (Å²) in [5.41, 5.74) is 1.14. The Morgan fingerprint density at radius 1 is 1.25 bits per heavy atom. The summed E-state index contributed by atoms with van der Waals surface area (Å²) in [4.78, 5) is 28.1. The number of thiophene rings is 1. The Morgan fingerprint density at radius 2 is 2.04 bits per heavy atom. The normalized spacial score (nSPS) is 19.4. The molecule has 0 saturated heterocycles. The van der Waals surface area contributed by atoms with Crippen LogP contribution in [0.2, 0.25) is 0 Å². The van der Waals surface area contributed by atoms with Crippen molar-refractivity contribution in [3.05, 3.63) is 57.8 Å². The van der Waals surface area contributed by atoms with Crippen molar-refractivity contribution in [1.29, 1.82) is 0 Å². The quantitative estimate of drug-likeness (QED) is 0.928. The average Bonchev–Trinajstić information content (AvgIpc) is 3.07. The Balaban J connectivity index is 1.97. The van der Waals surface area contributed by atoms with Crippen molar-refractivity contribution in [2.24, 2.45) is 0 Å². The molecule has 5 heteroatoms. The van der Waals surface area contributed by atoms with Gasteiger partial charge in [-0.05, 0) is 41.8 Å². The molecule has 0 bridgehead atoms. The lowest BCUT2D eigenvalue weighted by molar-refractivity contribution is -0.142. The van der Waals surface area contributed by atoms with Crippen LogP contribution in [0.25, 0.3) is 0 Å². The van der Waals surface area contributed by atoms with Crippen molar-refractivity contribution in [1.82, 2.24) is 10.2 Å². The summed E-state index contributed by atoms with van der Waals surface area (Å²) in [6.07, 6.45) is 2.46. The molecule has 3 rings (SSSR count). The number of carbonyl (C=O) groups is 2. The van der Waals surface area contributed by atoms with E-state index in [4.69, 9.17) is 0 Å². The molecule has 1 aromatic heterocycles. The van der Waals surface area contributed by atoms with E-state index in [9.17, 15) is 9.59 Å². The molecule has 1 aliphatic carbocycles. The minimum Gasteiger partial charge on any atom is -0.338 e. The Labute approximate surface area is 146 Å². The summed E-state index contributed by atoms with van der Waals surface area (Å²) in [7, 11) is 1.81. The topological polar surface area (TPSA) is 49.4 Å². The molecular weight excluding hydrogens is 320 g/mol. The van der Waals surface area contributed by atoms with Crippen LogP contribution >= 0.6 is 11.3 Å². The van der Waals surface area contributed by atoms with Crippen LogP contribution in [0.15, 0.2) is 41.8 Å². The van der Waals surface area contributed by atoms with E-state index in [2.05, 4.69) is 11.4 Å². The third kappa shape index (κ3) is 3.08. The zero-order valence-electron chi connectivity index (χ0n) is 14.0. The lowest BCUT2D eigenvalue weighted by Gasteiger charge is -2.40. The molecule has 0 radical (unpaired) electrons. The van der Waals surface area contributed by atoms with Crippen LogP contribution in [0.5, 0.6) is 0 Å². The summed E-state index contributed by atoms with van der Waals surface area (Å²) in [5, 5.41) is 4.99. The largest absolute Gasteiger partial charge is 0.338 e. The fourth-order valence-corrected chi connectivity index (χ4v) is 4.33. The standard InChI is InChI=1S/C19H22N2O2S/c1-14(22)20-19(11-5-8-15-7-3-4-10-17(15)19)18(23)21(2)13-16-9-6-12-24-16/h3-4,6-7,9-10,12H,5,8,11,13H2,1-2H3,(H,20,22). The average molecular weight is 342 g/mol. The Kier molecular flexibility index (Phi) is 4.71. The van der Waals surface area contributed by atoms with E-state index >= 15 is 0 Å². The van der Waals surface area contributed by atoms with Gasteiger partial charge in [-0.3, -0.25) is 9.59 Å². The van der Waals surface area contributed by atoms with E-state index in [0.29, 0.717) is 13.0 Å². The van der Waals surface area contributed by atoms with Gasteiger partial charge in [-0.1, -0.05) is 30.3 Å². The third-order valence-corrected chi connectivity index (χ3v) is 5.41. The Hall–Kier alpha value is -2.14. The predicted molar refractivity (Wildman–Crippen MR) is 95.7 cm³/mol. The monoisotopic (exact) mass is 342 g/mol. The number of benzene rings is 1. The van der Waals surface area contributed by atoms with E-state index in [1.54, 1.807) is 16.2 Å². The van der Waals surface area contributed by atoms with E-state index in [-0.39, 0.29) is 11.8 Å². The highest BCUT2D eigenvalue weighted by atomic mass is 32.1. The highest BCUT2D eigenvalue weighted by molar-refractivity contribution is 7.09. The summed E-state index contributed by atoms with van der Waals surface area (Å²) in [5.74, 6) is -0.220. The zero-order chi connectivity index (χ0) is 17.2. The lowest BCUT2D eigenvalue weighted by atomic mass is 9.75. The maximum atomic E-state index is 13.4. The third-order valence-electron chi connectivity index (χ3n) is 4.55. The van der Waals surface area contributed by atoms with Crippen molar-refractivity contribution < 1.29 is 9.59 Å².